The average molecular weight is 436 g/mol. The topological polar surface area (TPSA) is 95.1 Å². The Morgan fingerprint density at radius 3 is 2.81 bits per heavy atom. The van der Waals surface area contributed by atoms with Gasteiger partial charge in [-0.2, -0.15) is 0 Å². The van der Waals surface area contributed by atoms with Gasteiger partial charge in [0.05, 0.1) is 5.04 Å². The van der Waals surface area contributed by atoms with Gasteiger partial charge in [-0.1, -0.05) is 30.5 Å². The third-order valence-electron chi connectivity index (χ3n) is 5.38. The maximum Gasteiger partial charge on any atom is 0.278 e. The molecule has 3 heterocycles. The Bertz CT molecular complexity index is 1150. The predicted molar refractivity (Wildman–Crippen MR) is 126 cm³/mol. The van der Waals surface area contributed by atoms with E-state index in [1.807, 2.05) is 24.3 Å². The van der Waals surface area contributed by atoms with E-state index in [4.69, 9.17) is 9.83 Å². The zero-order chi connectivity index (χ0) is 22.0. The second-order valence-electron chi connectivity index (χ2n) is 7.82. The highest BCUT2D eigenvalue weighted by atomic mass is 32.2. The summed E-state index contributed by atoms with van der Waals surface area (Å²) in [6.07, 6.45) is 5.10. The number of piperidine rings is 1. The number of hydrogen-bond donors (Lipinski definition) is 2. The molecule has 1 fully saturated rings. The van der Waals surface area contributed by atoms with E-state index in [1.54, 1.807) is 13.1 Å². The van der Waals surface area contributed by atoms with E-state index in [0.29, 0.717) is 16.8 Å². The maximum atomic E-state index is 12.7. The first-order valence-corrected chi connectivity index (χ1v) is 11.0. The molecule has 0 spiro atoms. The van der Waals surface area contributed by atoms with Gasteiger partial charge in [0.1, 0.15) is 12.1 Å². The molecule has 7 nitrogen and oxygen atoms in total. The van der Waals surface area contributed by atoms with Crippen LogP contribution in [0.25, 0.3) is 15.7 Å². The number of carbonyl (C=O) groups excluding carboxylic acids is 1. The van der Waals surface area contributed by atoms with Crippen LogP contribution in [0.15, 0.2) is 47.7 Å². The highest BCUT2D eigenvalue weighted by Crippen LogP contribution is 2.30. The standard InChI is InChI=1S/C23H25N5O2S/c1-14(31-15(2)24)17-4-5-18-12-25-21(11-19(18)10-17)27-22(29)20-13-30-23(26-20)16-6-8-28(3)9-7-16/h4-5,10-13,16,24H,1,6-9H2,2-3H3,(H,25,27,29). The largest absolute Gasteiger partial charge is 0.448 e. The van der Waals surface area contributed by atoms with Gasteiger partial charge in [0.2, 0.25) is 0 Å². The molecule has 31 heavy (non-hydrogen) atoms. The van der Waals surface area contributed by atoms with Crippen LogP contribution in [0.1, 0.15) is 47.6 Å². The van der Waals surface area contributed by atoms with E-state index >= 15 is 0 Å². The lowest BCUT2D eigenvalue weighted by molar-refractivity contribution is 0.102. The van der Waals surface area contributed by atoms with Crippen molar-refractivity contribution in [2.75, 3.05) is 25.5 Å². The molecule has 8 heteroatoms. The van der Waals surface area contributed by atoms with Crippen molar-refractivity contribution in [3.8, 4) is 0 Å². The number of thioether (sulfide) groups is 1. The molecule has 0 aliphatic carbocycles. The van der Waals surface area contributed by atoms with Gasteiger partial charge in [-0.3, -0.25) is 10.2 Å². The van der Waals surface area contributed by atoms with Crippen LogP contribution in [0.5, 0.6) is 0 Å². The van der Waals surface area contributed by atoms with Crippen LogP contribution in [0, 0.1) is 5.41 Å². The SMILES string of the molecule is C=C(SC(C)=N)c1ccc2cnc(NC(=O)c3coc(C4CCN(C)CC4)n3)cc2c1. The van der Waals surface area contributed by atoms with E-state index in [0.717, 1.165) is 47.2 Å². The molecule has 1 saturated heterocycles. The summed E-state index contributed by atoms with van der Waals surface area (Å²) in [5.41, 5.74) is 1.20. The molecule has 160 valence electrons. The first-order valence-electron chi connectivity index (χ1n) is 10.2. The first kappa shape index (κ1) is 21.3. The van der Waals surface area contributed by atoms with E-state index < -0.39 is 0 Å². The number of nitrogens with one attached hydrogen (secondary N) is 2. The van der Waals surface area contributed by atoms with E-state index in [-0.39, 0.29) is 17.5 Å². The summed E-state index contributed by atoms with van der Waals surface area (Å²) in [7, 11) is 2.10. The molecular weight excluding hydrogens is 410 g/mol. The van der Waals surface area contributed by atoms with Crippen LogP contribution in [0.2, 0.25) is 0 Å². The van der Waals surface area contributed by atoms with Crippen LogP contribution < -0.4 is 5.32 Å². The molecule has 1 amide bonds. The monoisotopic (exact) mass is 435 g/mol. The number of oxazole rings is 1. The number of rotatable bonds is 5. The van der Waals surface area contributed by atoms with Crippen molar-refractivity contribution in [2.45, 2.75) is 25.7 Å². The van der Waals surface area contributed by atoms with Gasteiger partial charge in [-0.15, -0.1) is 0 Å². The molecule has 2 aromatic heterocycles. The molecule has 0 saturated carbocycles. The van der Waals surface area contributed by atoms with Crippen LogP contribution in [0.4, 0.5) is 5.82 Å². The third-order valence-corrected chi connectivity index (χ3v) is 6.17. The molecule has 1 aliphatic heterocycles. The summed E-state index contributed by atoms with van der Waals surface area (Å²) < 4.78 is 5.60. The number of amides is 1. The Balaban J connectivity index is 1.48. The van der Waals surface area contributed by atoms with Crippen molar-refractivity contribution in [1.82, 2.24) is 14.9 Å². The second-order valence-corrected chi connectivity index (χ2v) is 9.12. The molecular formula is C23H25N5O2S. The Morgan fingerprint density at radius 1 is 1.29 bits per heavy atom. The molecule has 0 unspecified atom stereocenters. The maximum absolute atomic E-state index is 12.7. The number of hydrogen-bond acceptors (Lipinski definition) is 7. The summed E-state index contributed by atoms with van der Waals surface area (Å²) in [5.74, 6) is 0.989. The van der Waals surface area contributed by atoms with Crippen molar-refractivity contribution < 1.29 is 9.21 Å². The van der Waals surface area contributed by atoms with E-state index in [2.05, 4.69) is 33.8 Å². The molecule has 1 aromatic carbocycles. The van der Waals surface area contributed by atoms with E-state index in [9.17, 15) is 4.79 Å². The fourth-order valence-corrected chi connectivity index (χ4v) is 4.26. The minimum absolute atomic E-state index is 0.255. The Kier molecular flexibility index (Phi) is 6.20. The number of aromatic nitrogens is 2. The molecule has 0 bridgehead atoms. The lowest BCUT2D eigenvalue weighted by atomic mass is 9.97. The number of pyridine rings is 1. The number of fused-ring (bicyclic) bond motifs is 1. The zero-order valence-corrected chi connectivity index (χ0v) is 18.5. The Hall–Kier alpha value is -2.97. The first-order chi connectivity index (χ1) is 14.9. The van der Waals surface area contributed by atoms with Crippen molar-refractivity contribution in [3.63, 3.8) is 0 Å². The van der Waals surface area contributed by atoms with Crippen molar-refractivity contribution in [1.29, 1.82) is 5.41 Å². The average Bonchev–Trinajstić information content (AvgIpc) is 3.24. The second kappa shape index (κ2) is 9.03. The third kappa shape index (κ3) is 5.03. The number of benzene rings is 1. The van der Waals surface area contributed by atoms with Gasteiger partial charge in [-0.05, 0) is 63.0 Å². The summed E-state index contributed by atoms with van der Waals surface area (Å²) >= 11 is 1.32. The Morgan fingerprint density at radius 2 is 2.06 bits per heavy atom. The van der Waals surface area contributed by atoms with Crippen molar-refractivity contribution in [2.24, 2.45) is 0 Å². The number of nitrogens with zero attached hydrogens (tertiary/aromatic N) is 3. The molecule has 4 rings (SSSR count). The molecule has 0 radical (unpaired) electrons. The molecule has 2 N–H and O–H groups in total. The summed E-state index contributed by atoms with van der Waals surface area (Å²) in [6.45, 7) is 7.78. The number of carbonyl (C=O) groups is 1. The zero-order valence-electron chi connectivity index (χ0n) is 17.6. The van der Waals surface area contributed by atoms with Gasteiger partial charge in [0.25, 0.3) is 5.91 Å². The lowest BCUT2D eigenvalue weighted by Crippen LogP contribution is -2.29. The lowest BCUT2D eigenvalue weighted by Gasteiger charge is -2.26. The van der Waals surface area contributed by atoms with Gasteiger partial charge >= 0.3 is 0 Å². The van der Waals surface area contributed by atoms with Crippen LogP contribution in [-0.2, 0) is 0 Å². The molecule has 0 atom stereocenters. The Labute approximate surface area is 185 Å². The highest BCUT2D eigenvalue weighted by molar-refractivity contribution is 8.21. The van der Waals surface area contributed by atoms with Gasteiger partial charge < -0.3 is 14.6 Å². The summed E-state index contributed by atoms with van der Waals surface area (Å²) in [5, 5.41) is 12.8. The van der Waals surface area contributed by atoms with Crippen LogP contribution in [0.3, 0.4) is 0 Å². The number of likely N-dealkylation sites (tertiary alicyclic amines) is 1. The fraction of sp³-hybridized carbons (Fsp3) is 0.304. The van der Waals surface area contributed by atoms with Crippen LogP contribution >= 0.6 is 11.8 Å². The highest BCUT2D eigenvalue weighted by Gasteiger charge is 2.24. The minimum atomic E-state index is -0.342. The summed E-state index contributed by atoms with van der Waals surface area (Å²) in [6, 6.07) is 7.73. The van der Waals surface area contributed by atoms with E-state index in [1.165, 1.54) is 18.0 Å². The normalized spacial score (nSPS) is 15.2. The smallest absolute Gasteiger partial charge is 0.278 e. The van der Waals surface area contributed by atoms with Crippen molar-refractivity contribution in [3.05, 3.63) is 60.5 Å². The fourth-order valence-electron chi connectivity index (χ4n) is 3.64. The van der Waals surface area contributed by atoms with Gasteiger partial charge in [0, 0.05) is 22.4 Å². The quantitative estimate of drug-likeness (QED) is 0.433. The summed E-state index contributed by atoms with van der Waals surface area (Å²) in [4.78, 5) is 24.5. The van der Waals surface area contributed by atoms with Crippen LogP contribution in [-0.4, -0.2) is 46.0 Å². The van der Waals surface area contributed by atoms with Crippen molar-refractivity contribution >= 4 is 44.2 Å². The number of anilines is 1. The van der Waals surface area contributed by atoms with Gasteiger partial charge in [-0.25, -0.2) is 9.97 Å². The predicted octanol–water partition coefficient (Wildman–Crippen LogP) is 4.99. The molecule has 3 aromatic rings. The van der Waals surface area contributed by atoms with Gasteiger partial charge in [0.15, 0.2) is 11.6 Å². The molecule has 1 aliphatic rings. The minimum Gasteiger partial charge on any atom is -0.448 e.